The number of halogens is 1. The average Bonchev–Trinajstić information content (AvgIpc) is 3.35. The van der Waals surface area contributed by atoms with Crippen molar-refractivity contribution in [2.45, 2.75) is 12.8 Å². The fraction of sp³-hybridized carbons (Fsp3) is 0.400. The number of methoxy groups -OCH3 is 1. The van der Waals surface area contributed by atoms with Crippen molar-refractivity contribution < 1.29 is 29.0 Å². The third-order valence-electron chi connectivity index (χ3n) is 3.83. The van der Waals surface area contributed by atoms with Crippen LogP contribution >= 0.6 is 11.6 Å². The first-order chi connectivity index (χ1) is 12.4. The Balaban J connectivity index is 1.53. The molecule has 0 bridgehead atoms. The van der Waals surface area contributed by atoms with Gasteiger partial charge >= 0.3 is 17.9 Å². The summed E-state index contributed by atoms with van der Waals surface area (Å²) in [5.74, 6) is -1.07. The van der Waals surface area contributed by atoms with Crippen LogP contribution in [0, 0.1) is 5.41 Å². The molecule has 138 valence electrons. The summed E-state index contributed by atoms with van der Waals surface area (Å²) in [4.78, 5) is 31.7. The van der Waals surface area contributed by atoms with Gasteiger partial charge in [0, 0.05) is 6.20 Å². The molecular weight excluding hydrogens is 368 g/mol. The number of rotatable bonds is 7. The molecule has 3 rings (SSSR count). The highest BCUT2D eigenvalue weighted by atomic mass is 35.5. The van der Waals surface area contributed by atoms with Crippen LogP contribution in [-0.4, -0.2) is 57.4 Å². The molecule has 0 atom stereocenters. The maximum absolute atomic E-state index is 11.7. The molecular formula is C15H15ClN4O6. The lowest BCUT2D eigenvalue weighted by molar-refractivity contribution is -0.156. The summed E-state index contributed by atoms with van der Waals surface area (Å²) in [5.41, 5.74) is -0.418. The largest absolute Gasteiger partial charge is 0.468 e. The minimum Gasteiger partial charge on any atom is -0.468 e. The van der Waals surface area contributed by atoms with E-state index in [2.05, 4.69) is 19.8 Å². The Morgan fingerprint density at radius 2 is 2.15 bits per heavy atom. The summed E-state index contributed by atoms with van der Waals surface area (Å²) in [6.45, 7) is -0.543. The van der Waals surface area contributed by atoms with Crippen molar-refractivity contribution in [1.82, 2.24) is 19.9 Å². The molecule has 2 aromatic rings. The normalized spacial score (nSPS) is 14.5. The van der Waals surface area contributed by atoms with Crippen LogP contribution in [0.25, 0.3) is 11.5 Å². The lowest BCUT2D eigenvalue weighted by atomic mass is 10.1. The summed E-state index contributed by atoms with van der Waals surface area (Å²) in [5, 5.41) is 13.8. The van der Waals surface area contributed by atoms with E-state index in [0.717, 1.165) is 0 Å². The first kappa shape index (κ1) is 17.9. The minimum atomic E-state index is -0.733. The van der Waals surface area contributed by atoms with Gasteiger partial charge in [0.1, 0.15) is 17.7 Å². The Hall–Kier alpha value is -2.88. The molecule has 0 amide bonds. The van der Waals surface area contributed by atoms with Gasteiger partial charge in [-0.05, 0) is 25.0 Å². The van der Waals surface area contributed by atoms with E-state index in [1.165, 1.54) is 13.3 Å². The molecule has 1 fully saturated rings. The highest BCUT2D eigenvalue weighted by Gasteiger charge is 2.52. The Morgan fingerprint density at radius 3 is 2.77 bits per heavy atom. The van der Waals surface area contributed by atoms with Gasteiger partial charge in [-0.3, -0.25) is 9.78 Å². The van der Waals surface area contributed by atoms with E-state index < -0.39 is 24.0 Å². The zero-order chi connectivity index (χ0) is 18.7. The summed E-state index contributed by atoms with van der Waals surface area (Å²) in [6, 6.07) is 2.88. The number of esters is 2. The van der Waals surface area contributed by atoms with E-state index in [-0.39, 0.29) is 18.4 Å². The van der Waals surface area contributed by atoms with Crippen LogP contribution in [0.1, 0.15) is 12.8 Å². The highest BCUT2D eigenvalue weighted by molar-refractivity contribution is 6.30. The second-order valence-electron chi connectivity index (χ2n) is 5.69. The van der Waals surface area contributed by atoms with Crippen molar-refractivity contribution in [1.29, 1.82) is 0 Å². The second-order valence-corrected chi connectivity index (χ2v) is 6.13. The maximum atomic E-state index is 11.7. The third-order valence-corrected chi connectivity index (χ3v) is 4.05. The number of hydrogen-bond donors (Lipinski definition) is 1. The van der Waals surface area contributed by atoms with Gasteiger partial charge in [0.2, 0.25) is 5.82 Å². The molecule has 26 heavy (non-hydrogen) atoms. The smallest absolute Gasteiger partial charge is 0.344 e. The predicted octanol–water partition coefficient (Wildman–Crippen LogP) is 1.11. The molecule has 0 radical (unpaired) electrons. The first-order valence-corrected chi connectivity index (χ1v) is 7.96. The molecule has 2 heterocycles. The topological polar surface area (TPSA) is 126 Å². The molecule has 0 saturated heterocycles. The number of pyridine rings is 1. The Kier molecular flexibility index (Phi) is 4.94. The lowest BCUT2D eigenvalue weighted by Crippen LogP contribution is -2.26. The van der Waals surface area contributed by atoms with Gasteiger partial charge in [-0.2, -0.15) is 4.98 Å². The van der Waals surface area contributed by atoms with Crippen LogP contribution in [0.2, 0.25) is 5.02 Å². The van der Waals surface area contributed by atoms with Crippen LogP contribution in [0.4, 0.5) is 0 Å². The Morgan fingerprint density at radius 1 is 1.38 bits per heavy atom. The minimum absolute atomic E-state index is 0.0210. The maximum Gasteiger partial charge on any atom is 0.344 e. The molecule has 0 spiro atoms. The van der Waals surface area contributed by atoms with Gasteiger partial charge < -0.3 is 19.4 Å². The molecule has 0 aromatic carbocycles. The number of aromatic nitrogens is 4. The predicted molar refractivity (Wildman–Crippen MR) is 85.6 cm³/mol. The summed E-state index contributed by atoms with van der Waals surface area (Å²) in [6.07, 6.45) is 2.61. The van der Waals surface area contributed by atoms with Crippen molar-refractivity contribution in [2.24, 2.45) is 5.41 Å². The quantitative estimate of drug-likeness (QED) is 0.553. The molecule has 2 aromatic heterocycles. The monoisotopic (exact) mass is 382 g/mol. The van der Waals surface area contributed by atoms with E-state index in [4.69, 9.17) is 21.1 Å². The molecule has 0 unspecified atom stereocenters. The van der Waals surface area contributed by atoms with Crippen molar-refractivity contribution in [3.05, 3.63) is 23.4 Å². The van der Waals surface area contributed by atoms with Crippen LogP contribution in [-0.2, 0) is 19.1 Å². The van der Waals surface area contributed by atoms with Gasteiger partial charge in [0.15, 0.2) is 6.61 Å². The molecule has 1 N–H and O–H groups in total. The van der Waals surface area contributed by atoms with E-state index in [0.29, 0.717) is 28.4 Å². The van der Waals surface area contributed by atoms with Crippen LogP contribution in [0.15, 0.2) is 18.3 Å². The van der Waals surface area contributed by atoms with Gasteiger partial charge in [-0.25, -0.2) is 4.79 Å². The first-order valence-electron chi connectivity index (χ1n) is 7.59. The summed E-state index contributed by atoms with van der Waals surface area (Å²) in [7, 11) is 1.29. The van der Waals surface area contributed by atoms with E-state index in [9.17, 15) is 14.8 Å². The van der Waals surface area contributed by atoms with Crippen molar-refractivity contribution >= 4 is 23.5 Å². The second kappa shape index (κ2) is 7.16. The van der Waals surface area contributed by atoms with Crippen molar-refractivity contribution in [3.63, 3.8) is 0 Å². The lowest BCUT2D eigenvalue weighted by Gasteiger charge is -2.12. The molecule has 1 saturated carbocycles. The number of carbonyl (C=O) groups is 2. The fourth-order valence-corrected chi connectivity index (χ4v) is 2.29. The number of ether oxygens (including phenoxy) is 3. The molecule has 1 aliphatic carbocycles. The van der Waals surface area contributed by atoms with Gasteiger partial charge in [-0.1, -0.05) is 21.5 Å². The highest BCUT2D eigenvalue weighted by Crippen LogP contribution is 2.46. The standard InChI is InChI=1S/C15H15ClN4O6/c1-24-13(22)15(4-5-15)8-26-11(21)7-25-14-18-12(20(23)19-14)10-3-2-9(16)6-17-10/h2-3,6,23H,4-5,7-8H2,1H3. The van der Waals surface area contributed by atoms with Gasteiger partial charge in [-0.15, -0.1) is 0 Å². The molecule has 1 aliphatic rings. The van der Waals surface area contributed by atoms with Crippen LogP contribution in [0.5, 0.6) is 6.01 Å². The van der Waals surface area contributed by atoms with Crippen molar-refractivity contribution in [2.75, 3.05) is 20.3 Å². The number of carbonyl (C=O) groups excluding carboxylic acids is 2. The molecule has 0 aliphatic heterocycles. The van der Waals surface area contributed by atoms with Crippen molar-refractivity contribution in [3.8, 4) is 17.5 Å². The Labute approximate surface area is 152 Å². The number of nitrogens with zero attached hydrogens (tertiary/aromatic N) is 4. The van der Waals surface area contributed by atoms with E-state index >= 15 is 0 Å². The van der Waals surface area contributed by atoms with Crippen LogP contribution in [0.3, 0.4) is 0 Å². The zero-order valence-corrected chi connectivity index (χ0v) is 14.5. The number of hydrogen-bond acceptors (Lipinski definition) is 9. The average molecular weight is 383 g/mol. The molecule has 11 heteroatoms. The molecule has 10 nitrogen and oxygen atoms in total. The fourth-order valence-electron chi connectivity index (χ4n) is 2.17. The van der Waals surface area contributed by atoms with E-state index in [1.807, 2.05) is 0 Å². The van der Waals surface area contributed by atoms with Crippen LogP contribution < -0.4 is 4.74 Å². The summed E-state index contributed by atoms with van der Waals surface area (Å²) >= 11 is 5.75. The zero-order valence-electron chi connectivity index (χ0n) is 13.7. The summed E-state index contributed by atoms with van der Waals surface area (Å²) < 4.78 is 14.8. The van der Waals surface area contributed by atoms with Gasteiger partial charge in [0.25, 0.3) is 0 Å². The Bertz CT molecular complexity index is 818. The van der Waals surface area contributed by atoms with E-state index in [1.54, 1.807) is 12.1 Å². The van der Waals surface area contributed by atoms with Gasteiger partial charge in [0.05, 0.1) is 12.1 Å². The third kappa shape index (κ3) is 3.85. The SMILES string of the molecule is COC(=O)C1(COC(=O)COc2nc(-c3ccc(Cl)cn3)n(O)n2)CC1.